The number of aliphatic hydroxyl groups excluding tert-OH is 3. The molecule has 2 heterocycles. The first-order chi connectivity index (χ1) is 8.04. The topological polar surface area (TPSA) is 142 Å². The van der Waals surface area contributed by atoms with E-state index in [2.05, 4.69) is 9.97 Å². The SMILES string of the molecule is Nc1ncc([C@@H]2O[C@@H](CO)[C@@H](O)[C@@H]2O)c(=O)[nH]1. The second kappa shape index (κ2) is 4.41. The molecule has 0 aromatic carbocycles. The van der Waals surface area contributed by atoms with Gasteiger partial charge in [-0.05, 0) is 0 Å². The van der Waals surface area contributed by atoms with E-state index in [-0.39, 0.29) is 11.5 Å². The van der Waals surface area contributed by atoms with Crippen LogP contribution in [0.1, 0.15) is 11.7 Å². The van der Waals surface area contributed by atoms with Crippen LogP contribution in [0.4, 0.5) is 5.95 Å². The Labute approximate surface area is 95.7 Å². The summed E-state index contributed by atoms with van der Waals surface area (Å²) < 4.78 is 5.19. The molecule has 1 aliphatic rings. The number of hydrogen-bond donors (Lipinski definition) is 5. The molecular formula is C9H13N3O5. The lowest BCUT2D eigenvalue weighted by Gasteiger charge is -2.13. The lowest BCUT2D eigenvalue weighted by Crippen LogP contribution is -2.33. The number of rotatable bonds is 2. The van der Waals surface area contributed by atoms with Gasteiger partial charge in [-0.25, -0.2) is 4.98 Å². The number of ether oxygens (including phenoxy) is 1. The summed E-state index contributed by atoms with van der Waals surface area (Å²) >= 11 is 0. The van der Waals surface area contributed by atoms with Gasteiger partial charge in [-0.3, -0.25) is 9.78 Å². The summed E-state index contributed by atoms with van der Waals surface area (Å²) in [5.74, 6) is -0.0505. The average molecular weight is 243 g/mol. The van der Waals surface area contributed by atoms with Crippen LogP contribution in [-0.2, 0) is 4.74 Å². The molecule has 1 aromatic rings. The van der Waals surface area contributed by atoms with Crippen LogP contribution in [0, 0.1) is 0 Å². The molecule has 1 aliphatic heterocycles. The molecule has 94 valence electrons. The van der Waals surface area contributed by atoms with Crippen LogP contribution in [0.15, 0.2) is 11.0 Å². The first-order valence-electron chi connectivity index (χ1n) is 5.01. The summed E-state index contributed by atoms with van der Waals surface area (Å²) in [6, 6.07) is 0. The minimum Gasteiger partial charge on any atom is -0.394 e. The maximum atomic E-state index is 11.6. The predicted molar refractivity (Wildman–Crippen MR) is 56.0 cm³/mol. The lowest BCUT2D eigenvalue weighted by molar-refractivity contribution is -0.0232. The Morgan fingerprint density at radius 3 is 2.71 bits per heavy atom. The summed E-state index contributed by atoms with van der Waals surface area (Å²) in [5.41, 5.74) is 4.79. The fourth-order valence-corrected chi connectivity index (χ4v) is 1.78. The zero-order valence-corrected chi connectivity index (χ0v) is 8.78. The Hall–Kier alpha value is -1.48. The van der Waals surface area contributed by atoms with E-state index in [1.54, 1.807) is 0 Å². The Bertz CT molecular complexity index is 462. The number of aromatic amines is 1. The van der Waals surface area contributed by atoms with Crippen LogP contribution in [-0.4, -0.2) is 50.2 Å². The van der Waals surface area contributed by atoms with Crippen LogP contribution >= 0.6 is 0 Å². The van der Waals surface area contributed by atoms with Crippen molar-refractivity contribution in [3.8, 4) is 0 Å². The lowest BCUT2D eigenvalue weighted by atomic mass is 10.0. The summed E-state index contributed by atoms with van der Waals surface area (Å²) in [6.45, 7) is -0.449. The van der Waals surface area contributed by atoms with Gasteiger partial charge in [0.2, 0.25) is 0 Å². The molecule has 0 amide bonds. The van der Waals surface area contributed by atoms with Gasteiger partial charge in [0.05, 0.1) is 12.2 Å². The van der Waals surface area contributed by atoms with Gasteiger partial charge < -0.3 is 25.8 Å². The average Bonchev–Trinajstić information content (AvgIpc) is 2.57. The second-order valence-electron chi connectivity index (χ2n) is 3.81. The summed E-state index contributed by atoms with van der Waals surface area (Å²) in [6.07, 6.45) is -3.32. The van der Waals surface area contributed by atoms with E-state index < -0.39 is 36.6 Å². The van der Waals surface area contributed by atoms with Gasteiger partial charge in [-0.2, -0.15) is 0 Å². The minimum atomic E-state index is -1.29. The quantitative estimate of drug-likeness (QED) is 0.386. The smallest absolute Gasteiger partial charge is 0.258 e. The molecule has 0 bridgehead atoms. The highest BCUT2D eigenvalue weighted by Gasteiger charge is 2.44. The summed E-state index contributed by atoms with van der Waals surface area (Å²) in [7, 11) is 0. The Morgan fingerprint density at radius 1 is 1.47 bits per heavy atom. The number of H-pyrrole nitrogens is 1. The van der Waals surface area contributed by atoms with Crippen molar-refractivity contribution in [1.29, 1.82) is 0 Å². The Morgan fingerprint density at radius 2 is 2.18 bits per heavy atom. The van der Waals surface area contributed by atoms with Crippen LogP contribution in [0.25, 0.3) is 0 Å². The predicted octanol–water partition coefficient (Wildman–Crippen LogP) is -2.49. The van der Waals surface area contributed by atoms with E-state index >= 15 is 0 Å². The highest BCUT2D eigenvalue weighted by Crippen LogP contribution is 2.31. The molecule has 1 fully saturated rings. The second-order valence-corrected chi connectivity index (χ2v) is 3.81. The molecule has 8 heteroatoms. The zero-order valence-electron chi connectivity index (χ0n) is 8.78. The van der Waals surface area contributed by atoms with Crippen LogP contribution in [0.5, 0.6) is 0 Å². The molecule has 0 spiro atoms. The molecule has 0 radical (unpaired) electrons. The molecule has 2 rings (SSSR count). The molecule has 6 N–H and O–H groups in total. The number of nitrogens with one attached hydrogen (secondary N) is 1. The van der Waals surface area contributed by atoms with Gasteiger partial charge in [0.1, 0.15) is 24.4 Å². The fourth-order valence-electron chi connectivity index (χ4n) is 1.78. The van der Waals surface area contributed by atoms with Crippen molar-refractivity contribution in [2.45, 2.75) is 24.4 Å². The largest absolute Gasteiger partial charge is 0.394 e. The molecular weight excluding hydrogens is 230 g/mol. The standard InChI is InChI=1S/C9H13N3O5/c10-9-11-1-3(8(16)12-9)7-6(15)5(14)4(2-13)17-7/h1,4-7,13-15H,2H2,(H3,10,11,12,16)/t4-,5+,6-,7-/m0/s1. The Balaban J connectivity index is 2.32. The third-order valence-electron chi connectivity index (χ3n) is 2.70. The molecule has 17 heavy (non-hydrogen) atoms. The highest BCUT2D eigenvalue weighted by molar-refractivity contribution is 5.21. The van der Waals surface area contributed by atoms with Gasteiger partial charge in [0.25, 0.3) is 5.56 Å². The number of nitrogens with two attached hydrogens (primary N) is 1. The number of nitrogens with zero attached hydrogens (tertiary/aromatic N) is 1. The number of aliphatic hydroxyl groups is 3. The van der Waals surface area contributed by atoms with Gasteiger partial charge in [0, 0.05) is 6.20 Å². The van der Waals surface area contributed by atoms with E-state index in [0.717, 1.165) is 0 Å². The maximum absolute atomic E-state index is 11.6. The summed E-state index contributed by atoms with van der Waals surface area (Å²) in [5, 5.41) is 28.2. The van der Waals surface area contributed by atoms with E-state index in [4.69, 9.17) is 15.6 Å². The first kappa shape index (κ1) is 12.0. The van der Waals surface area contributed by atoms with E-state index in [1.165, 1.54) is 6.20 Å². The van der Waals surface area contributed by atoms with Crippen molar-refractivity contribution in [2.75, 3.05) is 12.3 Å². The van der Waals surface area contributed by atoms with Crippen molar-refractivity contribution >= 4 is 5.95 Å². The third-order valence-corrected chi connectivity index (χ3v) is 2.70. The maximum Gasteiger partial charge on any atom is 0.258 e. The molecule has 4 atom stereocenters. The van der Waals surface area contributed by atoms with Crippen LogP contribution in [0.3, 0.4) is 0 Å². The van der Waals surface area contributed by atoms with Crippen molar-refractivity contribution in [3.63, 3.8) is 0 Å². The third kappa shape index (κ3) is 2.03. The highest BCUT2D eigenvalue weighted by atomic mass is 16.6. The molecule has 0 unspecified atom stereocenters. The number of nitrogen functional groups attached to an aromatic ring is 1. The van der Waals surface area contributed by atoms with Crippen molar-refractivity contribution in [1.82, 2.24) is 9.97 Å². The molecule has 0 saturated carbocycles. The number of anilines is 1. The molecule has 1 saturated heterocycles. The van der Waals surface area contributed by atoms with Gasteiger partial charge in [-0.1, -0.05) is 0 Å². The fraction of sp³-hybridized carbons (Fsp3) is 0.556. The van der Waals surface area contributed by atoms with Gasteiger partial charge in [-0.15, -0.1) is 0 Å². The van der Waals surface area contributed by atoms with E-state index in [0.29, 0.717) is 0 Å². The van der Waals surface area contributed by atoms with E-state index in [9.17, 15) is 15.0 Å². The van der Waals surface area contributed by atoms with E-state index in [1.807, 2.05) is 0 Å². The minimum absolute atomic E-state index is 0.0505. The Kier molecular flexibility index (Phi) is 3.11. The molecule has 0 aliphatic carbocycles. The van der Waals surface area contributed by atoms with Gasteiger partial charge >= 0.3 is 0 Å². The van der Waals surface area contributed by atoms with Crippen LogP contribution < -0.4 is 11.3 Å². The normalized spacial score (nSPS) is 32.9. The monoisotopic (exact) mass is 243 g/mol. The summed E-state index contributed by atoms with van der Waals surface area (Å²) in [4.78, 5) is 17.5. The number of aromatic nitrogens is 2. The van der Waals surface area contributed by atoms with Crippen LogP contribution in [0.2, 0.25) is 0 Å². The first-order valence-corrected chi connectivity index (χ1v) is 5.01. The van der Waals surface area contributed by atoms with Crippen molar-refractivity contribution in [2.24, 2.45) is 0 Å². The zero-order chi connectivity index (χ0) is 12.6. The molecule has 8 nitrogen and oxygen atoms in total. The van der Waals surface area contributed by atoms with Gasteiger partial charge in [0.15, 0.2) is 5.95 Å². The van der Waals surface area contributed by atoms with Crippen molar-refractivity contribution < 1.29 is 20.1 Å². The van der Waals surface area contributed by atoms with Crippen molar-refractivity contribution in [3.05, 3.63) is 22.1 Å². The number of hydrogen-bond acceptors (Lipinski definition) is 7. The molecule has 1 aromatic heterocycles.